The number of morpholine rings is 1. The minimum atomic E-state index is -1.21. The SMILES string of the molecule is C=C1OC(C)=C(COC(=O)[C@H](CS)CC(=O)C(C)(C)SC(=O)OCc2oc(=O)oc2C)O1.Cc1oc(=O)oc1COC(=O)SC(C)(C)C(=O)C[C@@H](CS)C(=O)OCCCCN1CCOCC1.Cc1oc(=O)oc1COC(=O)SC(C)(C)C(=O)C[C@@H](CS)C(=O)OCCCN1CCCCC1.Cc1oc(=O)oc1COC(=O)SC(C)(C)C(=O)C[C@@H](CS)C(=O)OCOC(=O)C(C)C. The highest BCUT2D eigenvalue weighted by Crippen LogP contribution is 2.36. The number of thiol groups is 4. The number of ether oxygens (including phenoxy) is 12. The van der Waals surface area contributed by atoms with Gasteiger partial charge in [-0.25, -0.2) is 38.4 Å². The number of unbranched alkanes of at least 4 members (excludes halogenated alkanes) is 1. The largest absolute Gasteiger partial charge is 0.519 e. The van der Waals surface area contributed by atoms with Gasteiger partial charge in [0.15, 0.2) is 84.9 Å². The number of piperidine rings is 1. The minimum Gasteiger partial charge on any atom is -0.465 e. The van der Waals surface area contributed by atoms with Gasteiger partial charge in [0.25, 0.3) is 5.95 Å². The van der Waals surface area contributed by atoms with Gasteiger partial charge in [-0.2, -0.15) is 50.5 Å². The Morgan fingerprint density at radius 1 is 0.377 bits per heavy atom. The number of esters is 5. The van der Waals surface area contributed by atoms with Crippen LogP contribution in [0.5, 0.6) is 0 Å². The first-order valence-corrected chi connectivity index (χ1v) is 46.8. The predicted molar refractivity (Wildman–Crippen MR) is 483 cm³/mol. The molecule has 2 saturated heterocycles. The first-order chi connectivity index (χ1) is 61.0. The summed E-state index contributed by atoms with van der Waals surface area (Å²) in [4.78, 5) is 209. The summed E-state index contributed by atoms with van der Waals surface area (Å²) in [6.07, 6.45) is 5.49. The lowest BCUT2D eigenvalue weighted by Crippen LogP contribution is -2.37. The molecule has 0 unspecified atom stereocenters. The van der Waals surface area contributed by atoms with E-state index in [4.69, 9.17) is 83.3 Å². The van der Waals surface area contributed by atoms with Crippen molar-refractivity contribution in [3.63, 3.8) is 0 Å². The number of nitrogens with zero attached hydrogens (tertiary/aromatic N) is 2. The summed E-state index contributed by atoms with van der Waals surface area (Å²) in [6.45, 7) is 32.9. The van der Waals surface area contributed by atoms with Crippen LogP contribution in [-0.2, 0) is 126 Å². The second-order valence-electron chi connectivity index (χ2n) is 31.5. The smallest absolute Gasteiger partial charge is 0.465 e. The second kappa shape index (κ2) is 56.7. The number of carbonyl (C=O) groups excluding carboxylic acids is 13. The Bertz CT molecular complexity index is 4730. The molecule has 4 aromatic rings. The molecule has 39 nitrogen and oxygen atoms in total. The maximum Gasteiger partial charge on any atom is 0.519 e. The summed E-state index contributed by atoms with van der Waals surface area (Å²) < 4.78 is 94.5. The third-order valence-corrected chi connectivity index (χ3v) is 25.1. The van der Waals surface area contributed by atoms with E-state index in [0.717, 1.165) is 71.7 Å². The average Bonchev–Trinajstić information content (AvgIpc) is 1.15. The van der Waals surface area contributed by atoms with Crippen LogP contribution in [-0.4, -0.2) is 205 Å². The summed E-state index contributed by atoms with van der Waals surface area (Å²) in [7, 11) is 0. The van der Waals surface area contributed by atoms with Crippen molar-refractivity contribution >= 4 is 172 Å². The van der Waals surface area contributed by atoms with E-state index in [1.165, 1.54) is 74.7 Å². The average molecular weight is 1990 g/mol. The molecule has 130 heavy (non-hydrogen) atoms. The van der Waals surface area contributed by atoms with Gasteiger partial charge in [0.1, 0.15) is 28.9 Å². The second-order valence-corrected chi connectivity index (χ2v) is 39.2. The molecule has 47 heteroatoms. The fourth-order valence-electron chi connectivity index (χ4n) is 11.1. The molecule has 0 aliphatic carbocycles. The number of allylic oxidation sites excluding steroid dienone is 1. The van der Waals surface area contributed by atoms with Gasteiger partial charge in [0.2, 0.25) is 6.79 Å². The lowest BCUT2D eigenvalue weighted by molar-refractivity contribution is -0.172. The fourth-order valence-corrected chi connectivity index (χ4v) is 15.1. The van der Waals surface area contributed by atoms with Crippen molar-refractivity contribution in [2.24, 2.45) is 29.6 Å². The summed E-state index contributed by atoms with van der Waals surface area (Å²) in [5, 5.41) is -2.95. The number of hydrogen-bond donors (Lipinski definition) is 4. The van der Waals surface area contributed by atoms with Gasteiger partial charge >= 0.3 is 74.3 Å². The third kappa shape index (κ3) is 41.5. The van der Waals surface area contributed by atoms with Gasteiger partial charge in [-0.1, -0.05) is 20.3 Å². The maximum absolute atomic E-state index is 12.8. The Morgan fingerprint density at radius 3 is 0.977 bits per heavy atom. The lowest BCUT2D eigenvalue weighted by Gasteiger charge is -2.26. The highest BCUT2D eigenvalue weighted by molar-refractivity contribution is 8.15. The summed E-state index contributed by atoms with van der Waals surface area (Å²) in [6, 6.07) is 0. The van der Waals surface area contributed by atoms with Crippen LogP contribution >= 0.6 is 97.6 Å². The first-order valence-electron chi connectivity index (χ1n) is 41.0. The summed E-state index contributed by atoms with van der Waals surface area (Å²) in [5.41, 5.74) is 0. The first kappa shape index (κ1) is 114. The normalized spacial score (nSPS) is 14.6. The van der Waals surface area contributed by atoms with Crippen molar-refractivity contribution in [2.75, 3.05) is 102 Å². The fraction of sp³-hybridized carbons (Fsp3) is 0.651. The highest BCUT2D eigenvalue weighted by Gasteiger charge is 2.41. The molecular formula is C83H116N2O37S8. The predicted octanol–water partition coefficient (Wildman–Crippen LogP) is 12.8. The topological polar surface area (TPSA) is 513 Å². The summed E-state index contributed by atoms with van der Waals surface area (Å²) >= 11 is 19.3. The van der Waals surface area contributed by atoms with Gasteiger partial charge in [0.05, 0.1) is 75.0 Å². The number of rotatable bonds is 46. The Kier molecular flexibility index (Phi) is 49.7. The number of ketones is 4. The molecule has 3 aliphatic rings. The van der Waals surface area contributed by atoms with Crippen molar-refractivity contribution in [3.8, 4) is 0 Å². The van der Waals surface area contributed by atoms with Gasteiger partial charge in [0, 0.05) is 68.3 Å². The van der Waals surface area contributed by atoms with Crippen LogP contribution in [0.25, 0.3) is 0 Å². The molecule has 2 fully saturated rings. The van der Waals surface area contributed by atoms with E-state index in [9.17, 15) is 81.5 Å². The maximum atomic E-state index is 12.8. The molecular weight excluding hydrogens is 1870 g/mol. The van der Waals surface area contributed by atoms with E-state index >= 15 is 0 Å². The van der Waals surface area contributed by atoms with Crippen LogP contribution in [0.4, 0.5) is 19.2 Å². The number of aryl methyl sites for hydroxylation is 4. The highest BCUT2D eigenvalue weighted by atomic mass is 32.2. The number of thioether (sulfide) groups is 4. The molecule has 3 aliphatic heterocycles. The Morgan fingerprint density at radius 2 is 0.677 bits per heavy atom. The van der Waals surface area contributed by atoms with Crippen molar-refractivity contribution in [3.05, 3.63) is 113 Å². The molecule has 0 N–H and O–H groups in total. The molecule has 0 radical (unpaired) electrons. The molecule has 0 aromatic carbocycles. The van der Waals surface area contributed by atoms with Gasteiger partial charge in [-0.05, 0) is 195 Å². The zero-order chi connectivity index (χ0) is 97.4. The van der Waals surface area contributed by atoms with E-state index in [1.807, 2.05) is 0 Å². The number of Topliss-reactive ketones (excluding diaryl/α,β-unsaturated/α-hetero) is 4. The molecule has 0 saturated carbocycles. The zero-order valence-corrected chi connectivity index (χ0v) is 82.1. The van der Waals surface area contributed by atoms with Crippen LogP contribution in [0.3, 0.4) is 0 Å². The zero-order valence-electron chi connectivity index (χ0n) is 75.2. The number of hydrogen-bond acceptors (Lipinski definition) is 47. The van der Waals surface area contributed by atoms with Crippen LogP contribution in [0, 0.1) is 57.3 Å². The molecule has 7 heterocycles. The number of likely N-dealkylation sites (tertiary alicyclic amines) is 1. The quantitative estimate of drug-likeness (QED) is 0.0105. The number of carbonyl (C=O) groups is 13. The van der Waals surface area contributed by atoms with E-state index < -0.39 is 130 Å². The third-order valence-electron chi connectivity index (χ3n) is 19.3. The lowest BCUT2D eigenvalue weighted by atomic mass is 9.97. The van der Waals surface area contributed by atoms with Gasteiger partial charge in [-0.15, -0.1) is 0 Å². The standard InChI is InChI=1S/C22H33NO9S2.C22H33NO8S2.C20H24O10S2.C19H26O10S2/c1-15-17(32-20(26)31-15)13-30-21(27)34-22(2,3)18(24)12-16(14-33)19(25)29-9-5-4-6-23-7-10-28-11-8-23;1-15-17(31-20(26)30-15)13-29-21(27)33-22(2,3)18(24)12-16(14-32)19(25)28-11-7-10-23-8-5-4-6-9-23;1-10-14(29-12(3)27-10)7-25-17(22)13(9-31)6-16(21)20(4,5)32-19(24)26-8-15-11(2)28-18(23)30-15;1-10(2)15(21)26-9-27-16(22)12(8-30)6-14(20)19(4,5)31-18(24)25-7-13-11(3)28-17(23)29-13/h16,33H,4-14H2,1-3H3;16,32H,4-14H2,1-3H3;13,31H,3,6-9H2,1-2,4-5H3;10,12,30H,6-9H2,1-5H3/t2*16-;13-;12-/m0000/s1. The van der Waals surface area contributed by atoms with Crippen molar-refractivity contribution in [1.82, 2.24) is 9.80 Å². The molecule has 4 aromatic heterocycles. The van der Waals surface area contributed by atoms with Crippen molar-refractivity contribution in [2.45, 2.75) is 213 Å². The summed E-state index contributed by atoms with van der Waals surface area (Å²) in [5.74, 6) is -8.79. The molecule has 0 bridgehead atoms. The van der Waals surface area contributed by atoms with Crippen molar-refractivity contribution < 1.29 is 155 Å². The van der Waals surface area contributed by atoms with E-state index in [1.54, 1.807) is 48.5 Å². The molecule has 0 spiro atoms. The molecule has 4 atom stereocenters. The van der Waals surface area contributed by atoms with E-state index in [2.05, 4.69) is 75.7 Å². The Balaban J connectivity index is 0.000000363. The molecule has 0 amide bonds. The van der Waals surface area contributed by atoms with Crippen LogP contribution in [0.2, 0.25) is 0 Å². The Labute approximate surface area is 788 Å². The monoisotopic (exact) mass is 1990 g/mol. The van der Waals surface area contributed by atoms with Gasteiger partial charge in [-0.3, -0.25) is 48.1 Å². The van der Waals surface area contributed by atoms with Crippen LogP contribution in [0.15, 0.2) is 78.6 Å². The molecule has 728 valence electrons. The van der Waals surface area contributed by atoms with Gasteiger partial charge < -0.3 is 97.1 Å². The van der Waals surface area contributed by atoms with Crippen LogP contribution in [0.1, 0.15) is 186 Å². The van der Waals surface area contributed by atoms with E-state index in [-0.39, 0.29) is 164 Å². The van der Waals surface area contributed by atoms with Crippen LogP contribution < -0.4 is 23.3 Å². The molecule has 7 rings (SSSR count). The van der Waals surface area contributed by atoms with E-state index in [0.29, 0.717) is 65.2 Å². The minimum absolute atomic E-state index is 0.0205. The van der Waals surface area contributed by atoms with Crippen molar-refractivity contribution in [1.29, 1.82) is 0 Å². The Hall–Kier alpha value is -8.29.